The third-order valence-corrected chi connectivity index (χ3v) is 5.74. The number of nitrogens with zero attached hydrogens (tertiary/aromatic N) is 1. The molecule has 0 aromatic heterocycles. The van der Waals surface area contributed by atoms with Crippen LogP contribution in [0.1, 0.15) is 12.5 Å². The van der Waals surface area contributed by atoms with Gasteiger partial charge in [-0.2, -0.15) is 0 Å². The Hall–Kier alpha value is -2.71. The summed E-state index contributed by atoms with van der Waals surface area (Å²) in [6, 6.07) is 12.8. The lowest BCUT2D eigenvalue weighted by atomic mass is 10.1. The van der Waals surface area contributed by atoms with E-state index in [1.807, 2.05) is 49.4 Å². The van der Waals surface area contributed by atoms with Crippen LogP contribution in [-0.4, -0.2) is 49.1 Å². The molecule has 0 aliphatic carbocycles. The summed E-state index contributed by atoms with van der Waals surface area (Å²) in [7, 11) is 3.22. The number of carbonyl (C=O) groups excluding carboxylic acids is 1. The van der Waals surface area contributed by atoms with Crippen molar-refractivity contribution in [3.63, 3.8) is 0 Å². The Morgan fingerprint density at radius 1 is 0.967 bits per heavy atom. The van der Waals surface area contributed by atoms with Gasteiger partial charge in [0, 0.05) is 12.1 Å². The second-order valence-corrected chi connectivity index (χ2v) is 7.88. The molecular formula is C22H23NO5S2. The number of hydrogen-bond donors (Lipinski definition) is 0. The molecule has 1 saturated heterocycles. The summed E-state index contributed by atoms with van der Waals surface area (Å²) in [5.74, 6) is 2.72. The summed E-state index contributed by atoms with van der Waals surface area (Å²) in [5, 5.41) is 0. The van der Waals surface area contributed by atoms with E-state index < -0.39 is 0 Å². The van der Waals surface area contributed by atoms with E-state index in [2.05, 4.69) is 0 Å². The number of thiocarbonyl (C=S) groups is 1. The lowest BCUT2D eigenvalue weighted by molar-refractivity contribution is -0.121. The topological polar surface area (TPSA) is 57.2 Å². The largest absolute Gasteiger partial charge is 0.497 e. The summed E-state index contributed by atoms with van der Waals surface area (Å²) >= 11 is 6.58. The van der Waals surface area contributed by atoms with E-state index in [-0.39, 0.29) is 5.91 Å². The molecule has 3 rings (SSSR count). The normalized spacial score (nSPS) is 14.9. The van der Waals surface area contributed by atoms with Crippen molar-refractivity contribution in [1.29, 1.82) is 0 Å². The van der Waals surface area contributed by atoms with Crippen molar-refractivity contribution in [2.75, 3.05) is 34.0 Å². The van der Waals surface area contributed by atoms with Crippen molar-refractivity contribution in [3.8, 4) is 23.0 Å². The zero-order valence-electron chi connectivity index (χ0n) is 17.0. The molecule has 0 spiro atoms. The third kappa shape index (κ3) is 5.25. The molecule has 2 aromatic carbocycles. The third-order valence-electron chi connectivity index (χ3n) is 4.36. The highest BCUT2D eigenvalue weighted by Crippen LogP contribution is 2.35. The van der Waals surface area contributed by atoms with E-state index >= 15 is 0 Å². The van der Waals surface area contributed by atoms with E-state index in [4.69, 9.17) is 31.2 Å². The molecule has 1 aliphatic heterocycles. The minimum Gasteiger partial charge on any atom is -0.497 e. The van der Waals surface area contributed by atoms with Crippen LogP contribution in [0.25, 0.3) is 6.08 Å². The zero-order chi connectivity index (χ0) is 21.5. The Morgan fingerprint density at radius 3 is 2.23 bits per heavy atom. The molecule has 30 heavy (non-hydrogen) atoms. The van der Waals surface area contributed by atoms with Gasteiger partial charge in [0.1, 0.15) is 40.5 Å². The summed E-state index contributed by atoms with van der Waals surface area (Å²) in [4.78, 5) is 14.7. The van der Waals surface area contributed by atoms with Crippen LogP contribution in [0.4, 0.5) is 0 Å². The van der Waals surface area contributed by atoms with Crippen LogP contribution in [0.15, 0.2) is 47.4 Å². The number of ether oxygens (including phenoxy) is 4. The van der Waals surface area contributed by atoms with Crippen LogP contribution in [0, 0.1) is 0 Å². The van der Waals surface area contributed by atoms with Crippen LogP contribution in [-0.2, 0) is 4.79 Å². The minimum absolute atomic E-state index is 0.0934. The van der Waals surface area contributed by atoms with Gasteiger partial charge in [-0.25, -0.2) is 0 Å². The van der Waals surface area contributed by atoms with Crippen molar-refractivity contribution in [1.82, 2.24) is 4.90 Å². The van der Waals surface area contributed by atoms with Crippen molar-refractivity contribution >= 4 is 40.3 Å². The number of methoxy groups -OCH3 is 2. The number of rotatable bonds is 9. The van der Waals surface area contributed by atoms with Crippen LogP contribution < -0.4 is 18.9 Å². The maximum absolute atomic E-state index is 12.5. The second kappa shape index (κ2) is 10.4. The van der Waals surface area contributed by atoms with Gasteiger partial charge in [0.25, 0.3) is 5.91 Å². The van der Waals surface area contributed by atoms with Crippen molar-refractivity contribution < 1.29 is 23.7 Å². The molecule has 0 N–H and O–H groups in total. The van der Waals surface area contributed by atoms with Crippen LogP contribution in [0.2, 0.25) is 0 Å². The number of carbonyl (C=O) groups is 1. The fourth-order valence-corrected chi connectivity index (χ4v) is 4.17. The number of hydrogen-bond acceptors (Lipinski definition) is 7. The molecule has 8 heteroatoms. The molecule has 6 nitrogen and oxygen atoms in total. The average Bonchev–Trinajstić information content (AvgIpc) is 3.04. The smallest absolute Gasteiger partial charge is 0.266 e. The molecule has 0 saturated carbocycles. The average molecular weight is 446 g/mol. The summed E-state index contributed by atoms with van der Waals surface area (Å²) in [5.41, 5.74) is 0.746. The van der Waals surface area contributed by atoms with Gasteiger partial charge in [-0.1, -0.05) is 24.0 Å². The summed E-state index contributed by atoms with van der Waals surface area (Å²) < 4.78 is 22.6. The number of benzene rings is 2. The van der Waals surface area contributed by atoms with Gasteiger partial charge in [-0.15, -0.1) is 0 Å². The first-order chi connectivity index (χ1) is 14.5. The van der Waals surface area contributed by atoms with Crippen molar-refractivity contribution in [2.45, 2.75) is 6.92 Å². The Morgan fingerprint density at radius 2 is 1.60 bits per heavy atom. The molecule has 1 heterocycles. The van der Waals surface area contributed by atoms with Gasteiger partial charge in [0.2, 0.25) is 0 Å². The maximum Gasteiger partial charge on any atom is 0.266 e. The molecule has 0 unspecified atom stereocenters. The molecule has 0 bridgehead atoms. The lowest BCUT2D eigenvalue weighted by Gasteiger charge is -2.12. The van der Waals surface area contributed by atoms with Crippen LogP contribution >= 0.6 is 24.0 Å². The van der Waals surface area contributed by atoms with Gasteiger partial charge in [0.15, 0.2) is 0 Å². The molecule has 0 radical (unpaired) electrons. The van der Waals surface area contributed by atoms with Gasteiger partial charge in [-0.3, -0.25) is 9.69 Å². The fraction of sp³-hybridized carbons (Fsp3) is 0.273. The highest BCUT2D eigenvalue weighted by atomic mass is 32.2. The Bertz CT molecular complexity index is 943. The monoisotopic (exact) mass is 445 g/mol. The quantitative estimate of drug-likeness (QED) is 0.322. The second-order valence-electron chi connectivity index (χ2n) is 6.20. The first-order valence-corrected chi connectivity index (χ1v) is 10.6. The number of thioether (sulfide) groups is 1. The fourth-order valence-electron chi connectivity index (χ4n) is 2.79. The van der Waals surface area contributed by atoms with Crippen LogP contribution in [0.5, 0.6) is 23.0 Å². The van der Waals surface area contributed by atoms with Gasteiger partial charge >= 0.3 is 0 Å². The maximum atomic E-state index is 12.5. The predicted molar refractivity (Wildman–Crippen MR) is 123 cm³/mol. The zero-order valence-corrected chi connectivity index (χ0v) is 18.7. The first-order valence-electron chi connectivity index (χ1n) is 9.38. The SMILES string of the molecule is CCN1C(=O)/C(=C\c2cc(OC)ccc2OCCOc2ccc(OC)cc2)SC1=S. The predicted octanol–water partition coefficient (Wildman–Crippen LogP) is 4.38. The summed E-state index contributed by atoms with van der Waals surface area (Å²) in [6.07, 6.45) is 1.79. The molecule has 1 fully saturated rings. The highest BCUT2D eigenvalue weighted by molar-refractivity contribution is 8.26. The Balaban J connectivity index is 1.68. The van der Waals surface area contributed by atoms with E-state index in [1.165, 1.54) is 11.8 Å². The Labute approximate surface area is 185 Å². The van der Waals surface area contributed by atoms with E-state index in [1.54, 1.807) is 25.2 Å². The van der Waals surface area contributed by atoms with E-state index in [0.29, 0.717) is 40.5 Å². The lowest BCUT2D eigenvalue weighted by Crippen LogP contribution is -2.27. The first kappa shape index (κ1) is 22.0. The minimum atomic E-state index is -0.0934. The van der Waals surface area contributed by atoms with Crippen molar-refractivity contribution in [3.05, 3.63) is 52.9 Å². The molecular weight excluding hydrogens is 422 g/mol. The number of likely N-dealkylation sites (N-methyl/N-ethyl adjacent to an activating group) is 1. The van der Waals surface area contributed by atoms with Gasteiger partial charge in [0.05, 0.1) is 19.1 Å². The van der Waals surface area contributed by atoms with Crippen LogP contribution in [0.3, 0.4) is 0 Å². The van der Waals surface area contributed by atoms with Crippen molar-refractivity contribution in [2.24, 2.45) is 0 Å². The molecule has 0 atom stereocenters. The molecule has 1 amide bonds. The molecule has 2 aromatic rings. The number of amides is 1. The highest BCUT2D eigenvalue weighted by Gasteiger charge is 2.30. The summed E-state index contributed by atoms with van der Waals surface area (Å²) in [6.45, 7) is 3.16. The molecule has 158 valence electrons. The van der Waals surface area contributed by atoms with E-state index in [9.17, 15) is 4.79 Å². The van der Waals surface area contributed by atoms with E-state index in [0.717, 1.165) is 17.1 Å². The van der Waals surface area contributed by atoms with Gasteiger partial charge in [-0.05, 0) is 55.5 Å². The Kier molecular flexibility index (Phi) is 7.59. The molecule has 1 aliphatic rings. The van der Waals surface area contributed by atoms with Gasteiger partial charge < -0.3 is 18.9 Å². The standard InChI is InChI=1S/C22H23NO5S2/c1-4-23-21(24)20(30-22(23)29)14-15-13-18(26-3)9-10-19(15)28-12-11-27-17-7-5-16(25-2)6-8-17/h5-10,13-14H,4,11-12H2,1-3H3/b20-14+.